The van der Waals surface area contributed by atoms with Crippen LogP contribution in [-0.2, 0) is 6.42 Å². The average molecular weight is 476 g/mol. The number of benzene rings is 2. The minimum absolute atomic E-state index is 0.0551. The lowest BCUT2D eigenvalue weighted by molar-refractivity contribution is 0.0700. The third-order valence-electron chi connectivity index (χ3n) is 6.89. The molecule has 1 saturated carbocycles. The van der Waals surface area contributed by atoms with Gasteiger partial charge in [-0.15, -0.1) is 11.3 Å². The molecule has 34 heavy (non-hydrogen) atoms. The quantitative estimate of drug-likeness (QED) is 0.595. The highest BCUT2D eigenvalue weighted by molar-refractivity contribution is 7.15. The van der Waals surface area contributed by atoms with Gasteiger partial charge in [-0.25, -0.2) is 9.78 Å². The third-order valence-corrected chi connectivity index (χ3v) is 7.91. The number of hydrogen-bond acceptors (Lipinski definition) is 6. The maximum absolute atomic E-state index is 13.6. The molecule has 3 aliphatic rings. The van der Waals surface area contributed by atoms with Crippen molar-refractivity contribution in [2.24, 2.45) is 11.8 Å². The van der Waals surface area contributed by atoms with E-state index < -0.39 is 6.09 Å². The fourth-order valence-corrected chi connectivity index (χ4v) is 6.09. The lowest BCUT2D eigenvalue weighted by Crippen LogP contribution is -2.46. The second-order valence-corrected chi connectivity index (χ2v) is 10.3. The van der Waals surface area contributed by atoms with Crippen molar-refractivity contribution in [1.82, 2.24) is 15.2 Å². The molecule has 2 aliphatic heterocycles. The van der Waals surface area contributed by atoms with E-state index in [1.54, 1.807) is 6.07 Å². The van der Waals surface area contributed by atoms with Gasteiger partial charge in [-0.3, -0.25) is 4.79 Å². The summed E-state index contributed by atoms with van der Waals surface area (Å²) in [5.41, 5.74) is 2.42. The molecule has 1 aromatic heterocycles. The van der Waals surface area contributed by atoms with Gasteiger partial charge in [-0.1, -0.05) is 36.4 Å². The lowest BCUT2D eigenvalue weighted by Gasteiger charge is -2.27. The molecule has 0 bridgehead atoms. The van der Waals surface area contributed by atoms with Crippen LogP contribution in [0, 0.1) is 18.8 Å². The number of likely N-dealkylation sites (tertiary alicyclic amines) is 1. The van der Waals surface area contributed by atoms with Crippen LogP contribution in [0.25, 0.3) is 10.4 Å². The monoisotopic (exact) mass is 475 g/mol. The van der Waals surface area contributed by atoms with Crippen LogP contribution in [0.4, 0.5) is 4.79 Å². The zero-order chi connectivity index (χ0) is 23.2. The second kappa shape index (κ2) is 8.43. The summed E-state index contributed by atoms with van der Waals surface area (Å²) in [4.78, 5) is 33.6. The number of carbonyl (C=O) groups excluding carboxylic acids is 2. The van der Waals surface area contributed by atoms with Crippen LogP contribution in [-0.4, -0.2) is 47.6 Å². The number of thiazole rings is 1. The predicted octanol–water partition coefficient (Wildman–Crippen LogP) is 4.30. The summed E-state index contributed by atoms with van der Waals surface area (Å²) in [7, 11) is 0. The molecule has 2 aromatic carbocycles. The molecule has 3 atom stereocenters. The van der Waals surface area contributed by atoms with Crippen molar-refractivity contribution < 1.29 is 19.1 Å². The fourth-order valence-electron chi connectivity index (χ4n) is 5.17. The van der Waals surface area contributed by atoms with Crippen LogP contribution in [0.2, 0.25) is 0 Å². The number of hydrogen-bond donors (Lipinski definition) is 1. The number of rotatable bonds is 5. The Hall–Kier alpha value is -3.39. The van der Waals surface area contributed by atoms with Crippen molar-refractivity contribution in [2.45, 2.75) is 25.8 Å². The van der Waals surface area contributed by atoms with Crippen molar-refractivity contribution in [3.8, 4) is 21.9 Å². The summed E-state index contributed by atoms with van der Waals surface area (Å²) in [6.45, 7) is 3.59. The molecular weight excluding hydrogens is 450 g/mol. The number of aryl methyl sites for hydroxylation is 1. The van der Waals surface area contributed by atoms with E-state index in [1.165, 1.54) is 11.3 Å². The van der Waals surface area contributed by atoms with Gasteiger partial charge in [0.2, 0.25) is 0 Å². The maximum Gasteiger partial charge on any atom is 0.412 e. The van der Waals surface area contributed by atoms with E-state index in [2.05, 4.69) is 10.3 Å². The molecule has 1 saturated heterocycles. The Balaban J connectivity index is 1.16. The topological polar surface area (TPSA) is 80.8 Å². The molecule has 1 N–H and O–H groups in total. The van der Waals surface area contributed by atoms with Crippen LogP contribution < -0.4 is 14.8 Å². The summed E-state index contributed by atoms with van der Waals surface area (Å²) in [6.07, 6.45) is 1.31. The average Bonchev–Trinajstić information content (AvgIpc) is 3.18. The van der Waals surface area contributed by atoms with Crippen LogP contribution in [0.15, 0.2) is 48.5 Å². The molecule has 1 aliphatic carbocycles. The Morgan fingerprint density at radius 2 is 2.06 bits per heavy atom. The number of piperidine rings is 1. The van der Waals surface area contributed by atoms with Crippen molar-refractivity contribution in [3.05, 3.63) is 64.8 Å². The number of nitrogens with zero attached hydrogens (tertiary/aromatic N) is 2. The highest BCUT2D eigenvalue weighted by atomic mass is 32.1. The first kappa shape index (κ1) is 21.2. The molecule has 174 valence electrons. The van der Waals surface area contributed by atoms with Gasteiger partial charge in [0.25, 0.3) is 5.91 Å². The zero-order valence-corrected chi connectivity index (χ0v) is 19.6. The summed E-state index contributed by atoms with van der Waals surface area (Å²) < 4.78 is 11.1. The van der Waals surface area contributed by atoms with Gasteiger partial charge in [0.15, 0.2) is 0 Å². The Morgan fingerprint density at radius 3 is 2.91 bits per heavy atom. The normalized spacial score (nSPS) is 22.0. The van der Waals surface area contributed by atoms with Gasteiger partial charge in [0.05, 0.1) is 22.5 Å². The lowest BCUT2D eigenvalue weighted by atomic mass is 10.1. The highest BCUT2D eigenvalue weighted by Gasteiger charge is 2.54. The zero-order valence-electron chi connectivity index (χ0n) is 18.8. The number of nitrogens with one attached hydrogen (secondary N) is 1. The van der Waals surface area contributed by atoms with Crippen molar-refractivity contribution in [1.29, 1.82) is 0 Å². The van der Waals surface area contributed by atoms with Crippen LogP contribution in [0.1, 0.15) is 27.5 Å². The van der Waals surface area contributed by atoms with Crippen molar-refractivity contribution >= 4 is 23.3 Å². The predicted molar refractivity (Wildman–Crippen MR) is 128 cm³/mol. The first-order chi connectivity index (χ1) is 16.6. The summed E-state index contributed by atoms with van der Waals surface area (Å²) in [5, 5.41) is 3.76. The first-order valence-electron chi connectivity index (χ1n) is 11.6. The van der Waals surface area contributed by atoms with E-state index in [4.69, 9.17) is 9.47 Å². The molecule has 2 amide bonds. The van der Waals surface area contributed by atoms with E-state index in [9.17, 15) is 9.59 Å². The molecular formula is C26H25N3O4S. The number of amides is 2. The molecule has 8 heteroatoms. The van der Waals surface area contributed by atoms with Gasteiger partial charge in [-0.05, 0) is 42.9 Å². The van der Waals surface area contributed by atoms with Crippen molar-refractivity contribution in [2.75, 3.05) is 19.7 Å². The smallest absolute Gasteiger partial charge is 0.412 e. The maximum atomic E-state index is 13.6. The summed E-state index contributed by atoms with van der Waals surface area (Å²) in [5.74, 6) is 2.15. The summed E-state index contributed by atoms with van der Waals surface area (Å²) in [6, 6.07) is 15.3. The van der Waals surface area contributed by atoms with E-state index in [0.717, 1.165) is 39.6 Å². The Labute approximate surface area is 201 Å². The molecule has 3 aromatic rings. The largest absolute Gasteiger partial charge is 0.493 e. The fraction of sp³-hybridized carbons (Fsp3) is 0.346. The van der Waals surface area contributed by atoms with Gasteiger partial charge >= 0.3 is 6.09 Å². The van der Waals surface area contributed by atoms with E-state index in [0.29, 0.717) is 43.0 Å². The van der Waals surface area contributed by atoms with E-state index in [-0.39, 0.29) is 11.9 Å². The van der Waals surface area contributed by atoms with Gasteiger partial charge < -0.3 is 19.7 Å². The highest BCUT2D eigenvalue weighted by Crippen LogP contribution is 2.50. The molecule has 2 fully saturated rings. The number of ether oxygens (including phenoxy) is 2. The minimum atomic E-state index is -0.508. The van der Waals surface area contributed by atoms with Crippen LogP contribution in [0.5, 0.6) is 11.5 Å². The Kier molecular flexibility index (Phi) is 5.25. The van der Waals surface area contributed by atoms with Gasteiger partial charge in [0, 0.05) is 25.1 Å². The standard InChI is InChI=1S/C26H25N3O4S/c1-15-28-23(24(34-15)16-6-3-2-4-7-16)25(30)29-14-17-12-19(17)20(29)13-27-26(31)33-22-9-5-8-21-18(22)10-11-32-21/h2-9,17,19-20H,10-14H2,1H3,(H,27,31)/t17-,19-,20+/m0/s1. The molecule has 7 nitrogen and oxygen atoms in total. The van der Waals surface area contributed by atoms with Crippen LogP contribution in [0.3, 0.4) is 0 Å². The van der Waals surface area contributed by atoms with Gasteiger partial charge in [-0.2, -0.15) is 0 Å². The number of fused-ring (bicyclic) bond motifs is 2. The first-order valence-corrected chi connectivity index (χ1v) is 12.4. The SMILES string of the molecule is Cc1nc(C(=O)N2C[C@@H]3C[C@@H]3[C@H]2CNC(=O)Oc2cccc3c2CCO3)c(-c2ccccc2)s1. The van der Waals surface area contributed by atoms with E-state index in [1.807, 2.05) is 54.3 Å². The Bertz CT molecular complexity index is 1260. The molecule has 3 heterocycles. The Morgan fingerprint density at radius 1 is 1.21 bits per heavy atom. The number of aromatic nitrogens is 1. The van der Waals surface area contributed by atoms with Crippen molar-refractivity contribution in [3.63, 3.8) is 0 Å². The van der Waals surface area contributed by atoms with Crippen LogP contribution >= 0.6 is 11.3 Å². The molecule has 0 radical (unpaired) electrons. The molecule has 0 unspecified atom stereocenters. The summed E-state index contributed by atoms with van der Waals surface area (Å²) >= 11 is 1.54. The minimum Gasteiger partial charge on any atom is -0.493 e. The number of carbonyl (C=O) groups is 2. The van der Waals surface area contributed by atoms with Gasteiger partial charge in [0.1, 0.15) is 17.2 Å². The molecule has 6 rings (SSSR count). The van der Waals surface area contributed by atoms with E-state index >= 15 is 0 Å². The second-order valence-electron chi connectivity index (χ2n) is 9.06. The third kappa shape index (κ3) is 3.81. The molecule has 0 spiro atoms.